The number of benzene rings is 1. The number of rotatable bonds is 5. The molecule has 1 aromatic carbocycles. The van der Waals surface area contributed by atoms with Crippen molar-refractivity contribution in [1.82, 2.24) is 4.31 Å². The summed E-state index contributed by atoms with van der Waals surface area (Å²) in [5, 5.41) is 0. The number of Topliss-reactive ketones (excluding diaryl/α,β-unsaturated/α-hetero) is 1. The van der Waals surface area contributed by atoms with E-state index in [2.05, 4.69) is 4.72 Å². The van der Waals surface area contributed by atoms with E-state index < -0.39 is 10.2 Å². The second-order valence-corrected chi connectivity index (χ2v) is 6.49. The summed E-state index contributed by atoms with van der Waals surface area (Å²) in [6.07, 6.45) is 1.87. The van der Waals surface area contributed by atoms with Gasteiger partial charge in [0.1, 0.15) is 0 Å². The number of hydrogen-bond acceptors (Lipinski definition) is 3. The SMILES string of the molecule is CN(C)S(=O)(=O)Nc1cccc(C(=O)C2CC2)c1. The molecule has 0 amide bonds. The average Bonchev–Trinajstić information content (AvgIpc) is 3.11. The molecule has 0 atom stereocenters. The second-order valence-electron chi connectivity index (χ2n) is 4.61. The van der Waals surface area contributed by atoms with Crippen LogP contribution in [0.1, 0.15) is 23.2 Å². The third kappa shape index (κ3) is 2.88. The maximum Gasteiger partial charge on any atom is 0.301 e. The van der Waals surface area contributed by atoms with E-state index in [1.54, 1.807) is 24.3 Å². The molecule has 0 unspecified atom stereocenters. The zero-order chi connectivity index (χ0) is 13.3. The minimum Gasteiger partial charge on any atom is -0.294 e. The van der Waals surface area contributed by atoms with E-state index in [1.807, 2.05) is 0 Å². The summed E-state index contributed by atoms with van der Waals surface area (Å²) in [5.74, 6) is 0.228. The van der Waals surface area contributed by atoms with Crippen LogP contribution in [0.2, 0.25) is 0 Å². The minimum absolute atomic E-state index is 0.0981. The number of carbonyl (C=O) groups excluding carboxylic acids is 1. The molecule has 0 bridgehead atoms. The molecule has 0 aromatic heterocycles. The largest absolute Gasteiger partial charge is 0.301 e. The van der Waals surface area contributed by atoms with Gasteiger partial charge in [0.15, 0.2) is 5.78 Å². The van der Waals surface area contributed by atoms with E-state index in [-0.39, 0.29) is 11.7 Å². The average molecular weight is 268 g/mol. The van der Waals surface area contributed by atoms with Gasteiger partial charge in [-0.15, -0.1) is 0 Å². The van der Waals surface area contributed by atoms with Gasteiger partial charge in [-0.2, -0.15) is 12.7 Å². The van der Waals surface area contributed by atoms with E-state index in [4.69, 9.17) is 0 Å². The Labute approximate surface area is 107 Å². The van der Waals surface area contributed by atoms with Gasteiger partial charge in [0.25, 0.3) is 0 Å². The number of hydrogen-bond donors (Lipinski definition) is 1. The van der Waals surface area contributed by atoms with Crippen molar-refractivity contribution in [3.8, 4) is 0 Å². The van der Waals surface area contributed by atoms with E-state index in [0.29, 0.717) is 11.3 Å². The molecule has 98 valence electrons. The molecule has 0 aliphatic heterocycles. The highest BCUT2D eigenvalue weighted by molar-refractivity contribution is 7.90. The summed E-state index contributed by atoms with van der Waals surface area (Å²) in [7, 11) is -0.634. The normalized spacial score (nSPS) is 15.7. The van der Waals surface area contributed by atoms with Crippen LogP contribution in [0.25, 0.3) is 0 Å². The first-order valence-electron chi connectivity index (χ1n) is 5.75. The zero-order valence-electron chi connectivity index (χ0n) is 10.4. The summed E-state index contributed by atoms with van der Waals surface area (Å²) in [4.78, 5) is 11.9. The number of nitrogens with zero attached hydrogens (tertiary/aromatic N) is 1. The third-order valence-corrected chi connectivity index (χ3v) is 4.28. The van der Waals surface area contributed by atoms with Gasteiger partial charge < -0.3 is 0 Å². The minimum atomic E-state index is -3.53. The second kappa shape index (κ2) is 4.70. The number of anilines is 1. The first kappa shape index (κ1) is 13.0. The van der Waals surface area contributed by atoms with Gasteiger partial charge in [-0.3, -0.25) is 9.52 Å². The van der Waals surface area contributed by atoms with Gasteiger partial charge in [-0.25, -0.2) is 0 Å². The van der Waals surface area contributed by atoms with Gasteiger partial charge in [0.05, 0.1) is 5.69 Å². The summed E-state index contributed by atoms with van der Waals surface area (Å²) in [6, 6.07) is 6.61. The molecule has 0 heterocycles. The third-order valence-electron chi connectivity index (χ3n) is 2.82. The monoisotopic (exact) mass is 268 g/mol. The molecule has 0 spiro atoms. The fourth-order valence-corrected chi connectivity index (χ4v) is 2.16. The van der Waals surface area contributed by atoms with Crippen LogP contribution in [-0.4, -0.2) is 32.6 Å². The van der Waals surface area contributed by atoms with E-state index in [1.165, 1.54) is 14.1 Å². The van der Waals surface area contributed by atoms with Crippen LogP contribution in [0.4, 0.5) is 5.69 Å². The molecular weight excluding hydrogens is 252 g/mol. The lowest BCUT2D eigenvalue weighted by Gasteiger charge is -2.13. The van der Waals surface area contributed by atoms with Gasteiger partial charge in [-0.1, -0.05) is 12.1 Å². The highest BCUT2D eigenvalue weighted by Gasteiger charge is 2.30. The van der Waals surface area contributed by atoms with Crippen LogP contribution in [0.15, 0.2) is 24.3 Å². The molecule has 6 heteroatoms. The Kier molecular flexibility index (Phi) is 3.41. The fraction of sp³-hybridized carbons (Fsp3) is 0.417. The molecule has 18 heavy (non-hydrogen) atoms. The van der Waals surface area contributed by atoms with Crippen LogP contribution in [0.5, 0.6) is 0 Å². The van der Waals surface area contributed by atoms with Crippen molar-refractivity contribution in [2.75, 3.05) is 18.8 Å². The lowest BCUT2D eigenvalue weighted by molar-refractivity contribution is 0.0967. The Morgan fingerprint density at radius 3 is 2.56 bits per heavy atom. The maximum atomic E-state index is 11.9. The molecular formula is C12H16N2O3S. The van der Waals surface area contributed by atoms with Crippen LogP contribution in [0, 0.1) is 5.92 Å². The Bertz CT molecular complexity index is 562. The van der Waals surface area contributed by atoms with Crippen molar-refractivity contribution >= 4 is 21.7 Å². The van der Waals surface area contributed by atoms with Crippen molar-refractivity contribution in [3.05, 3.63) is 29.8 Å². The van der Waals surface area contributed by atoms with E-state index in [0.717, 1.165) is 17.1 Å². The van der Waals surface area contributed by atoms with Crippen molar-refractivity contribution in [3.63, 3.8) is 0 Å². The maximum absolute atomic E-state index is 11.9. The Hall–Kier alpha value is -1.40. The molecule has 2 rings (SSSR count). The van der Waals surface area contributed by atoms with Gasteiger partial charge in [-0.05, 0) is 25.0 Å². The summed E-state index contributed by atoms with van der Waals surface area (Å²) in [5.41, 5.74) is 0.978. The quantitative estimate of drug-likeness (QED) is 0.823. The molecule has 1 aliphatic rings. The summed E-state index contributed by atoms with van der Waals surface area (Å²) < 4.78 is 26.8. The van der Waals surface area contributed by atoms with Gasteiger partial charge >= 0.3 is 10.2 Å². The predicted molar refractivity (Wildman–Crippen MR) is 69.7 cm³/mol. The first-order valence-corrected chi connectivity index (χ1v) is 7.19. The molecule has 1 saturated carbocycles. The molecule has 0 radical (unpaired) electrons. The molecule has 1 fully saturated rings. The molecule has 1 aliphatic carbocycles. The van der Waals surface area contributed by atoms with E-state index in [9.17, 15) is 13.2 Å². The van der Waals surface area contributed by atoms with E-state index >= 15 is 0 Å². The number of carbonyl (C=O) groups is 1. The zero-order valence-corrected chi connectivity index (χ0v) is 11.2. The highest BCUT2D eigenvalue weighted by Crippen LogP contribution is 2.33. The summed E-state index contributed by atoms with van der Waals surface area (Å²) >= 11 is 0. The van der Waals surface area contributed by atoms with Gasteiger partial charge in [0, 0.05) is 25.6 Å². The molecule has 1 N–H and O–H groups in total. The van der Waals surface area contributed by atoms with Crippen molar-refractivity contribution in [2.24, 2.45) is 5.92 Å². The van der Waals surface area contributed by atoms with Crippen LogP contribution < -0.4 is 4.72 Å². The standard InChI is InChI=1S/C12H16N2O3S/c1-14(2)18(16,17)13-11-5-3-4-10(8-11)12(15)9-6-7-9/h3-5,8-9,13H,6-7H2,1-2H3. The highest BCUT2D eigenvalue weighted by atomic mass is 32.2. The van der Waals surface area contributed by atoms with Crippen LogP contribution in [-0.2, 0) is 10.2 Å². The fourth-order valence-electron chi connectivity index (χ4n) is 1.56. The Morgan fingerprint density at radius 1 is 1.33 bits per heavy atom. The number of nitrogens with one attached hydrogen (secondary N) is 1. The van der Waals surface area contributed by atoms with Crippen molar-refractivity contribution in [1.29, 1.82) is 0 Å². The van der Waals surface area contributed by atoms with Gasteiger partial charge in [0.2, 0.25) is 0 Å². The first-order chi connectivity index (χ1) is 8.40. The lowest BCUT2D eigenvalue weighted by Crippen LogP contribution is -2.29. The van der Waals surface area contributed by atoms with Crippen molar-refractivity contribution in [2.45, 2.75) is 12.8 Å². The van der Waals surface area contributed by atoms with Crippen molar-refractivity contribution < 1.29 is 13.2 Å². The molecule has 0 saturated heterocycles. The Balaban J connectivity index is 2.20. The van der Waals surface area contributed by atoms with Crippen LogP contribution in [0.3, 0.4) is 0 Å². The smallest absolute Gasteiger partial charge is 0.294 e. The predicted octanol–water partition coefficient (Wildman–Crippen LogP) is 1.50. The summed E-state index contributed by atoms with van der Waals surface area (Å²) in [6.45, 7) is 0. The molecule has 5 nitrogen and oxygen atoms in total. The lowest BCUT2D eigenvalue weighted by atomic mass is 10.1. The molecule has 1 aromatic rings. The Morgan fingerprint density at radius 2 is 2.00 bits per heavy atom. The topological polar surface area (TPSA) is 66.5 Å². The van der Waals surface area contributed by atoms with Crippen LogP contribution >= 0.6 is 0 Å². The number of ketones is 1.